The zero-order valence-corrected chi connectivity index (χ0v) is 13.5. The van der Waals surface area contributed by atoms with Gasteiger partial charge in [0.05, 0.1) is 0 Å². The normalized spacial score (nSPS) is 10.6. The van der Waals surface area contributed by atoms with Crippen LogP contribution in [0.4, 0.5) is 0 Å². The van der Waals surface area contributed by atoms with E-state index in [0.29, 0.717) is 35.7 Å². The van der Waals surface area contributed by atoms with Crippen LogP contribution in [-0.4, -0.2) is 37.5 Å². The lowest BCUT2D eigenvalue weighted by molar-refractivity contribution is -0.118. The first-order chi connectivity index (χ1) is 10.6. The van der Waals surface area contributed by atoms with E-state index in [1.807, 2.05) is 12.1 Å². The molecule has 0 unspecified atom stereocenters. The Morgan fingerprint density at radius 1 is 1.18 bits per heavy atom. The van der Waals surface area contributed by atoms with Gasteiger partial charge in [-0.05, 0) is 29.3 Å². The highest BCUT2D eigenvalue weighted by Gasteiger charge is 2.07. The second-order valence-electron chi connectivity index (χ2n) is 4.98. The Morgan fingerprint density at radius 2 is 1.91 bits per heavy atom. The molecule has 22 heavy (non-hydrogen) atoms. The summed E-state index contributed by atoms with van der Waals surface area (Å²) in [5, 5.41) is 11.9. The first kappa shape index (κ1) is 16.4. The monoisotopic (exact) mass is 318 g/mol. The van der Waals surface area contributed by atoms with E-state index in [1.165, 1.54) is 11.8 Å². The molecule has 0 atom stereocenters. The number of benzene rings is 1. The highest BCUT2D eigenvalue weighted by Crippen LogP contribution is 2.14. The van der Waals surface area contributed by atoms with Gasteiger partial charge in [-0.1, -0.05) is 36.0 Å². The Labute approximate surface area is 133 Å². The van der Waals surface area contributed by atoms with Crippen molar-refractivity contribution in [2.75, 3.05) is 5.75 Å². The third kappa shape index (κ3) is 4.77. The molecule has 0 saturated heterocycles. The van der Waals surface area contributed by atoms with E-state index in [-0.39, 0.29) is 11.6 Å². The van der Waals surface area contributed by atoms with E-state index >= 15 is 0 Å². The number of tetrazole rings is 1. The van der Waals surface area contributed by atoms with E-state index in [1.54, 1.807) is 30.8 Å². The molecule has 1 aromatic heterocycles. The van der Waals surface area contributed by atoms with Crippen LogP contribution in [0, 0.1) is 0 Å². The number of hydrogen-bond acceptors (Lipinski definition) is 6. The predicted octanol–water partition coefficient (Wildman–Crippen LogP) is 2.10. The van der Waals surface area contributed by atoms with Crippen molar-refractivity contribution >= 4 is 23.3 Å². The fourth-order valence-corrected chi connectivity index (χ4v) is 2.74. The van der Waals surface area contributed by atoms with Crippen LogP contribution < -0.4 is 0 Å². The Kier molecular flexibility index (Phi) is 5.83. The van der Waals surface area contributed by atoms with Crippen LogP contribution in [0.15, 0.2) is 29.4 Å². The molecule has 0 fully saturated rings. The maximum absolute atomic E-state index is 11.9. The first-order valence-corrected chi connectivity index (χ1v) is 8.01. The molecule has 0 aliphatic carbocycles. The van der Waals surface area contributed by atoms with Crippen molar-refractivity contribution in [1.82, 2.24) is 20.2 Å². The highest BCUT2D eigenvalue weighted by atomic mass is 32.2. The predicted molar refractivity (Wildman–Crippen MR) is 83.9 cm³/mol. The summed E-state index contributed by atoms with van der Waals surface area (Å²) in [6.45, 7) is 1.54. The number of carbonyl (C=O) groups excluding carboxylic acids is 2. The fraction of sp³-hybridized carbons (Fsp3) is 0.400. The van der Waals surface area contributed by atoms with Crippen molar-refractivity contribution in [1.29, 1.82) is 0 Å². The Bertz CT molecular complexity index is 652. The standard InChI is InChI=1S/C15H18N4O2S/c1-11(20)13-6-3-12(4-7-13)5-8-14(21)9-10-22-15-16-17-18-19(15)2/h3-4,6-7H,5,8-10H2,1-2H3. The molecule has 1 heterocycles. The molecule has 0 bridgehead atoms. The molecule has 6 nitrogen and oxygen atoms in total. The van der Waals surface area contributed by atoms with Crippen LogP contribution in [0.1, 0.15) is 35.7 Å². The van der Waals surface area contributed by atoms with Crippen LogP contribution in [-0.2, 0) is 18.3 Å². The Balaban J connectivity index is 1.71. The van der Waals surface area contributed by atoms with Gasteiger partial charge in [0, 0.05) is 31.2 Å². The van der Waals surface area contributed by atoms with E-state index in [0.717, 1.165) is 5.56 Å². The van der Waals surface area contributed by atoms with Crippen LogP contribution >= 0.6 is 11.8 Å². The maximum Gasteiger partial charge on any atom is 0.209 e. The van der Waals surface area contributed by atoms with E-state index in [2.05, 4.69) is 15.5 Å². The van der Waals surface area contributed by atoms with Gasteiger partial charge < -0.3 is 0 Å². The van der Waals surface area contributed by atoms with Gasteiger partial charge in [0.1, 0.15) is 5.78 Å². The molecular weight excluding hydrogens is 300 g/mol. The third-order valence-corrected chi connectivity index (χ3v) is 4.26. The van der Waals surface area contributed by atoms with Crippen molar-refractivity contribution in [2.45, 2.75) is 31.3 Å². The van der Waals surface area contributed by atoms with E-state index in [9.17, 15) is 9.59 Å². The average molecular weight is 318 g/mol. The summed E-state index contributed by atoms with van der Waals surface area (Å²) in [6, 6.07) is 7.42. The van der Waals surface area contributed by atoms with Gasteiger partial charge >= 0.3 is 0 Å². The molecule has 0 radical (unpaired) electrons. The molecule has 0 amide bonds. The minimum atomic E-state index is 0.0536. The summed E-state index contributed by atoms with van der Waals surface area (Å²) in [5.41, 5.74) is 1.77. The molecule has 116 valence electrons. The molecule has 0 aliphatic heterocycles. The van der Waals surface area contributed by atoms with Crippen molar-refractivity contribution in [2.24, 2.45) is 7.05 Å². The lowest BCUT2D eigenvalue weighted by Gasteiger charge is -2.03. The minimum absolute atomic E-state index is 0.0536. The number of Topliss-reactive ketones (excluding diaryl/α,β-unsaturated/α-hetero) is 2. The van der Waals surface area contributed by atoms with Gasteiger partial charge in [-0.25, -0.2) is 4.68 Å². The highest BCUT2D eigenvalue weighted by molar-refractivity contribution is 7.99. The van der Waals surface area contributed by atoms with E-state index in [4.69, 9.17) is 0 Å². The average Bonchev–Trinajstić information content (AvgIpc) is 2.91. The largest absolute Gasteiger partial charge is 0.300 e. The number of rotatable bonds is 8. The molecule has 2 rings (SSSR count). The van der Waals surface area contributed by atoms with Gasteiger partial charge in [0.2, 0.25) is 5.16 Å². The molecule has 0 spiro atoms. The molecule has 0 saturated carbocycles. The van der Waals surface area contributed by atoms with Crippen molar-refractivity contribution in [3.8, 4) is 0 Å². The smallest absolute Gasteiger partial charge is 0.209 e. The molecule has 0 aliphatic rings. The van der Waals surface area contributed by atoms with Crippen LogP contribution in [0.2, 0.25) is 0 Å². The summed E-state index contributed by atoms with van der Waals surface area (Å²) in [7, 11) is 1.77. The van der Waals surface area contributed by atoms with Crippen molar-refractivity contribution in [3.05, 3.63) is 35.4 Å². The number of thioether (sulfide) groups is 1. The van der Waals surface area contributed by atoms with Crippen LogP contribution in [0.3, 0.4) is 0 Å². The Morgan fingerprint density at radius 3 is 2.50 bits per heavy atom. The number of carbonyl (C=O) groups is 2. The number of hydrogen-bond donors (Lipinski definition) is 0. The second kappa shape index (κ2) is 7.84. The summed E-state index contributed by atoms with van der Waals surface area (Å²) < 4.78 is 1.59. The minimum Gasteiger partial charge on any atom is -0.300 e. The SMILES string of the molecule is CC(=O)c1ccc(CCC(=O)CCSc2nnnn2C)cc1. The zero-order chi connectivity index (χ0) is 15.9. The summed E-state index contributed by atoms with van der Waals surface area (Å²) in [5.74, 6) is 0.951. The van der Waals surface area contributed by atoms with Gasteiger partial charge in [-0.3, -0.25) is 9.59 Å². The molecule has 0 N–H and O–H groups in total. The zero-order valence-electron chi connectivity index (χ0n) is 12.7. The van der Waals surface area contributed by atoms with Crippen molar-refractivity contribution in [3.63, 3.8) is 0 Å². The lowest BCUT2D eigenvalue weighted by Crippen LogP contribution is -2.03. The number of nitrogens with zero attached hydrogens (tertiary/aromatic N) is 4. The second-order valence-corrected chi connectivity index (χ2v) is 6.04. The third-order valence-electron chi connectivity index (χ3n) is 3.25. The van der Waals surface area contributed by atoms with Crippen molar-refractivity contribution < 1.29 is 9.59 Å². The number of aryl methyl sites for hydroxylation is 2. The molecule has 1 aromatic carbocycles. The fourth-order valence-electron chi connectivity index (χ4n) is 1.91. The maximum atomic E-state index is 11.9. The molecular formula is C15H18N4O2S. The van der Waals surface area contributed by atoms with Gasteiger partial charge in [0.15, 0.2) is 5.78 Å². The number of ketones is 2. The van der Waals surface area contributed by atoms with Gasteiger partial charge in [-0.15, -0.1) is 5.10 Å². The molecule has 2 aromatic rings. The van der Waals surface area contributed by atoms with Crippen LogP contribution in [0.25, 0.3) is 0 Å². The summed E-state index contributed by atoms with van der Waals surface area (Å²) in [6.07, 6.45) is 1.72. The summed E-state index contributed by atoms with van der Waals surface area (Å²) in [4.78, 5) is 23.1. The quantitative estimate of drug-likeness (QED) is 0.548. The van der Waals surface area contributed by atoms with E-state index < -0.39 is 0 Å². The summed E-state index contributed by atoms with van der Waals surface area (Å²) >= 11 is 1.48. The topological polar surface area (TPSA) is 77.7 Å². The lowest BCUT2D eigenvalue weighted by atomic mass is 10.0. The molecule has 7 heteroatoms. The Hall–Kier alpha value is -2.02. The first-order valence-electron chi connectivity index (χ1n) is 7.03. The van der Waals surface area contributed by atoms with Crippen LogP contribution in [0.5, 0.6) is 0 Å². The van der Waals surface area contributed by atoms with Gasteiger partial charge in [0.25, 0.3) is 0 Å². The number of aromatic nitrogens is 4. The van der Waals surface area contributed by atoms with Gasteiger partial charge in [-0.2, -0.15) is 0 Å².